The van der Waals surface area contributed by atoms with E-state index in [1.165, 1.54) is 5.56 Å². The molecule has 0 saturated carbocycles. The Kier molecular flexibility index (Phi) is 11.3. The van der Waals surface area contributed by atoms with Gasteiger partial charge in [0.15, 0.2) is 0 Å². The Balaban J connectivity index is 2.81. The van der Waals surface area contributed by atoms with Gasteiger partial charge in [-0.1, -0.05) is 83.7 Å². The van der Waals surface area contributed by atoms with Crippen LogP contribution in [-0.2, 0) is 24.0 Å². The molecule has 3 nitrogen and oxygen atoms in total. The Morgan fingerprint density at radius 1 is 0.750 bits per heavy atom. The van der Waals surface area contributed by atoms with Gasteiger partial charge in [0.1, 0.15) is 5.75 Å². The van der Waals surface area contributed by atoms with E-state index in [4.69, 9.17) is 4.74 Å². The number of carbonyl (C=O) groups is 1. The highest BCUT2D eigenvalue weighted by Crippen LogP contribution is 2.42. The van der Waals surface area contributed by atoms with Crippen molar-refractivity contribution >= 4 is 5.97 Å². The van der Waals surface area contributed by atoms with Gasteiger partial charge < -0.3 is 9.84 Å². The molecule has 3 heteroatoms. The summed E-state index contributed by atoms with van der Waals surface area (Å²) >= 11 is 0. The minimum atomic E-state index is -0.293. The second-order valence-corrected chi connectivity index (χ2v) is 8.70. The second kappa shape index (κ2) is 14.0. The van der Waals surface area contributed by atoms with Gasteiger partial charge in [-0.3, -0.25) is 0 Å². The topological polar surface area (TPSA) is 46.5 Å². The van der Waals surface area contributed by atoms with Gasteiger partial charge >= 0.3 is 5.97 Å². The lowest BCUT2D eigenvalue weighted by Gasteiger charge is -2.24. The fraction of sp³-hybridized carbons (Fsp3) is 0.552. The molecule has 0 fully saturated rings. The summed E-state index contributed by atoms with van der Waals surface area (Å²) < 4.78 is 5.74. The Morgan fingerprint density at radius 2 is 1.28 bits per heavy atom. The average Bonchev–Trinajstić information content (AvgIpc) is 2.81. The van der Waals surface area contributed by atoms with Crippen LogP contribution in [0.3, 0.4) is 0 Å². The van der Waals surface area contributed by atoms with E-state index in [1.807, 2.05) is 30.3 Å². The molecule has 0 radical (unpaired) electrons. The molecule has 0 atom stereocenters. The third-order valence-corrected chi connectivity index (χ3v) is 6.14. The predicted molar refractivity (Wildman–Crippen MR) is 135 cm³/mol. The first kappa shape index (κ1) is 26.0. The van der Waals surface area contributed by atoms with Crippen LogP contribution in [0.5, 0.6) is 5.75 Å². The highest BCUT2D eigenvalue weighted by molar-refractivity contribution is 6.01. The Labute approximate surface area is 195 Å². The maximum atomic E-state index is 13.5. The summed E-state index contributed by atoms with van der Waals surface area (Å²) in [7, 11) is 0. The molecular formula is C29H42O3. The molecule has 0 aliphatic rings. The lowest BCUT2D eigenvalue weighted by molar-refractivity contribution is 0.0498. The van der Waals surface area contributed by atoms with Crippen LogP contribution >= 0.6 is 0 Å². The Bertz CT molecular complexity index is 839. The highest BCUT2D eigenvalue weighted by Gasteiger charge is 2.28. The number of esters is 1. The molecule has 1 N–H and O–H groups in total. The first-order valence-electron chi connectivity index (χ1n) is 12.7. The molecule has 0 saturated heterocycles. The number of rotatable bonds is 14. The summed E-state index contributed by atoms with van der Waals surface area (Å²) in [5.41, 5.74) is 5.45. The van der Waals surface area contributed by atoms with Gasteiger partial charge in [0.25, 0.3) is 0 Å². The normalized spacial score (nSPS) is 11.0. The number of aromatic hydroxyl groups is 1. The zero-order chi connectivity index (χ0) is 23.3. The van der Waals surface area contributed by atoms with Crippen molar-refractivity contribution in [1.82, 2.24) is 0 Å². The molecule has 176 valence electrons. The highest BCUT2D eigenvalue weighted by atomic mass is 16.5. The van der Waals surface area contributed by atoms with Crippen LogP contribution in [0.25, 0.3) is 11.1 Å². The molecular weight excluding hydrogens is 396 g/mol. The third-order valence-electron chi connectivity index (χ3n) is 6.14. The SMILES string of the molecule is CCCCOC(=O)c1c(CCCC)c(CCCC)c(CCCC)c(O)c1-c1ccccc1. The van der Waals surface area contributed by atoms with E-state index in [2.05, 4.69) is 27.7 Å². The molecule has 0 aromatic heterocycles. The number of phenols is 1. The van der Waals surface area contributed by atoms with Gasteiger partial charge in [-0.15, -0.1) is 0 Å². The van der Waals surface area contributed by atoms with Crippen molar-refractivity contribution in [1.29, 1.82) is 0 Å². The predicted octanol–water partition coefficient (Wildman–Crippen LogP) is 8.04. The van der Waals surface area contributed by atoms with E-state index >= 15 is 0 Å². The van der Waals surface area contributed by atoms with Crippen LogP contribution in [0.4, 0.5) is 0 Å². The summed E-state index contributed by atoms with van der Waals surface area (Å²) in [5.74, 6) is -0.0167. The lowest BCUT2D eigenvalue weighted by atomic mass is 9.82. The summed E-state index contributed by atoms with van der Waals surface area (Å²) in [6.45, 7) is 9.06. The van der Waals surface area contributed by atoms with Crippen molar-refractivity contribution in [2.75, 3.05) is 6.61 Å². The van der Waals surface area contributed by atoms with Crippen molar-refractivity contribution in [2.24, 2.45) is 0 Å². The number of hydrogen-bond acceptors (Lipinski definition) is 3. The van der Waals surface area contributed by atoms with Crippen LogP contribution in [0, 0.1) is 0 Å². The first-order chi connectivity index (χ1) is 15.6. The lowest BCUT2D eigenvalue weighted by Crippen LogP contribution is -2.16. The molecule has 0 aliphatic carbocycles. The maximum Gasteiger partial charge on any atom is 0.339 e. The van der Waals surface area contributed by atoms with Crippen molar-refractivity contribution in [2.45, 2.75) is 98.3 Å². The van der Waals surface area contributed by atoms with Gasteiger partial charge in [0, 0.05) is 5.56 Å². The van der Waals surface area contributed by atoms with E-state index in [1.54, 1.807) is 0 Å². The number of hydrogen-bond donors (Lipinski definition) is 1. The quantitative estimate of drug-likeness (QED) is 0.240. The standard InChI is InChI=1S/C29H42O3/c1-5-9-18-23-24(19-10-6-2)27(29(31)32-21-12-8-4)26(22-16-14-13-15-17-22)28(30)25(23)20-11-7-3/h13-17,30H,5-12,18-21H2,1-4H3. The fourth-order valence-corrected chi connectivity index (χ4v) is 4.30. The fourth-order valence-electron chi connectivity index (χ4n) is 4.30. The van der Waals surface area contributed by atoms with Crippen molar-refractivity contribution in [3.05, 3.63) is 52.6 Å². The number of phenolic OH excluding ortho intramolecular Hbond substituents is 1. The maximum absolute atomic E-state index is 13.5. The molecule has 0 amide bonds. The van der Waals surface area contributed by atoms with E-state index in [0.29, 0.717) is 17.7 Å². The molecule has 32 heavy (non-hydrogen) atoms. The van der Waals surface area contributed by atoms with E-state index in [9.17, 15) is 9.90 Å². The Hall–Kier alpha value is -2.29. The number of ether oxygens (including phenoxy) is 1. The van der Waals surface area contributed by atoms with Crippen molar-refractivity contribution < 1.29 is 14.6 Å². The number of benzene rings is 2. The third kappa shape index (κ3) is 6.60. The van der Waals surface area contributed by atoms with Crippen LogP contribution in [0.1, 0.15) is 106 Å². The van der Waals surface area contributed by atoms with Crippen molar-refractivity contribution in [3.63, 3.8) is 0 Å². The summed E-state index contributed by atoms with van der Waals surface area (Å²) in [6, 6.07) is 9.85. The molecule has 2 rings (SSSR count). The average molecular weight is 439 g/mol. The molecule has 0 aliphatic heterocycles. The molecule has 0 unspecified atom stereocenters. The van der Waals surface area contributed by atoms with E-state index in [-0.39, 0.29) is 11.7 Å². The van der Waals surface area contributed by atoms with E-state index < -0.39 is 0 Å². The summed E-state index contributed by atoms with van der Waals surface area (Å²) in [4.78, 5) is 13.5. The zero-order valence-electron chi connectivity index (χ0n) is 20.6. The summed E-state index contributed by atoms with van der Waals surface area (Å²) in [5, 5.41) is 11.6. The van der Waals surface area contributed by atoms with Gasteiger partial charge in [0.2, 0.25) is 0 Å². The van der Waals surface area contributed by atoms with Gasteiger partial charge in [-0.2, -0.15) is 0 Å². The number of unbranched alkanes of at least 4 members (excludes halogenated alkanes) is 4. The molecule has 0 bridgehead atoms. The second-order valence-electron chi connectivity index (χ2n) is 8.70. The number of carbonyl (C=O) groups excluding carboxylic acids is 1. The monoisotopic (exact) mass is 438 g/mol. The minimum Gasteiger partial charge on any atom is -0.507 e. The van der Waals surface area contributed by atoms with E-state index in [0.717, 1.165) is 87.3 Å². The zero-order valence-corrected chi connectivity index (χ0v) is 20.6. The largest absolute Gasteiger partial charge is 0.507 e. The summed E-state index contributed by atoms with van der Waals surface area (Å²) in [6.07, 6.45) is 10.7. The Morgan fingerprint density at radius 3 is 1.84 bits per heavy atom. The van der Waals surface area contributed by atoms with Crippen LogP contribution in [0.2, 0.25) is 0 Å². The first-order valence-corrected chi connectivity index (χ1v) is 12.7. The van der Waals surface area contributed by atoms with Crippen molar-refractivity contribution in [3.8, 4) is 16.9 Å². The molecule has 2 aromatic rings. The minimum absolute atomic E-state index is 0.276. The van der Waals surface area contributed by atoms with Gasteiger partial charge in [0.05, 0.1) is 12.2 Å². The van der Waals surface area contributed by atoms with Crippen LogP contribution < -0.4 is 0 Å². The molecule has 0 heterocycles. The van der Waals surface area contributed by atoms with Crippen LogP contribution in [-0.4, -0.2) is 17.7 Å². The van der Waals surface area contributed by atoms with Gasteiger partial charge in [-0.25, -0.2) is 4.79 Å². The smallest absolute Gasteiger partial charge is 0.339 e. The van der Waals surface area contributed by atoms with Gasteiger partial charge in [-0.05, 0) is 67.2 Å². The molecule has 2 aromatic carbocycles. The van der Waals surface area contributed by atoms with Crippen LogP contribution in [0.15, 0.2) is 30.3 Å². The molecule has 0 spiro atoms.